The van der Waals surface area contributed by atoms with Gasteiger partial charge >= 0.3 is 0 Å². The summed E-state index contributed by atoms with van der Waals surface area (Å²) in [5.74, 6) is -1.38. The number of fused-ring (bicyclic) bond motifs is 1. The van der Waals surface area contributed by atoms with E-state index in [1.165, 1.54) is 12.1 Å². The summed E-state index contributed by atoms with van der Waals surface area (Å²) >= 11 is 0. The molecule has 1 N–H and O–H groups in total. The van der Waals surface area contributed by atoms with Gasteiger partial charge in [0.2, 0.25) is 0 Å². The van der Waals surface area contributed by atoms with E-state index in [2.05, 4.69) is 4.98 Å². The maximum atomic E-state index is 13.1. The Labute approximate surface area is 121 Å². The van der Waals surface area contributed by atoms with Crippen LogP contribution in [0.25, 0.3) is 22.2 Å². The fourth-order valence-corrected chi connectivity index (χ4v) is 2.55. The first kappa shape index (κ1) is 13.4. The number of para-hydroxylation sites is 1. The quantitative estimate of drug-likeness (QED) is 0.799. The molecule has 4 heteroatoms. The molecule has 0 saturated heterocycles. The number of carbonyl (C=O) groups is 1. The lowest BCUT2D eigenvalue weighted by atomic mass is 10.0. The number of carboxylic acids is 1. The molecule has 0 aliphatic carbocycles. The average molecular weight is 282 g/mol. The number of aromatic amines is 1. The Kier molecular flexibility index (Phi) is 3.44. The highest BCUT2D eigenvalue weighted by Crippen LogP contribution is 2.31. The molecular weight excluding hydrogens is 269 g/mol. The zero-order valence-corrected chi connectivity index (χ0v) is 11.2. The van der Waals surface area contributed by atoms with Crippen molar-refractivity contribution >= 4 is 16.9 Å². The Morgan fingerprint density at radius 2 is 1.81 bits per heavy atom. The number of nitrogens with one attached hydrogen (secondary N) is 1. The van der Waals surface area contributed by atoms with Gasteiger partial charge in [-0.15, -0.1) is 0 Å². The number of halogens is 1. The van der Waals surface area contributed by atoms with Crippen LogP contribution in [0.1, 0.15) is 12.0 Å². The summed E-state index contributed by atoms with van der Waals surface area (Å²) in [7, 11) is 0. The van der Waals surface area contributed by atoms with E-state index in [-0.39, 0.29) is 12.2 Å². The van der Waals surface area contributed by atoms with Gasteiger partial charge in [0.15, 0.2) is 0 Å². The van der Waals surface area contributed by atoms with E-state index in [1.807, 2.05) is 24.3 Å². The normalized spacial score (nSPS) is 10.9. The van der Waals surface area contributed by atoms with Crippen molar-refractivity contribution in [2.75, 3.05) is 0 Å². The van der Waals surface area contributed by atoms with Crippen molar-refractivity contribution in [2.24, 2.45) is 0 Å². The average Bonchev–Trinajstić information content (AvgIpc) is 2.84. The number of aromatic nitrogens is 1. The first-order chi connectivity index (χ1) is 10.1. The van der Waals surface area contributed by atoms with Crippen molar-refractivity contribution in [1.29, 1.82) is 0 Å². The highest BCUT2D eigenvalue weighted by Gasteiger charge is 2.12. The molecule has 2 aromatic carbocycles. The molecule has 0 fully saturated rings. The monoisotopic (exact) mass is 282 g/mol. The van der Waals surface area contributed by atoms with E-state index in [9.17, 15) is 14.3 Å². The van der Waals surface area contributed by atoms with Gasteiger partial charge < -0.3 is 14.9 Å². The minimum atomic E-state index is -1.08. The second-order valence-electron chi connectivity index (χ2n) is 4.90. The number of carboxylic acid groups (broad SMARTS) is 1. The van der Waals surface area contributed by atoms with Gasteiger partial charge in [0.1, 0.15) is 5.82 Å². The summed E-state index contributed by atoms with van der Waals surface area (Å²) in [6, 6.07) is 13.9. The van der Waals surface area contributed by atoms with Gasteiger partial charge in [0.25, 0.3) is 0 Å². The molecule has 0 unspecified atom stereocenters. The number of carbonyl (C=O) groups excluding carboxylic acids is 1. The molecule has 21 heavy (non-hydrogen) atoms. The lowest BCUT2D eigenvalue weighted by Gasteiger charge is -2.06. The van der Waals surface area contributed by atoms with E-state index in [0.29, 0.717) is 6.42 Å². The Morgan fingerprint density at radius 1 is 1.10 bits per heavy atom. The predicted octanol–water partition coefficient (Wildman–Crippen LogP) is 2.66. The van der Waals surface area contributed by atoms with E-state index in [4.69, 9.17) is 0 Å². The van der Waals surface area contributed by atoms with Crippen LogP contribution >= 0.6 is 0 Å². The lowest BCUT2D eigenvalue weighted by molar-refractivity contribution is -0.305. The largest absolute Gasteiger partial charge is 0.550 e. The molecule has 0 amide bonds. The number of rotatable bonds is 4. The van der Waals surface area contributed by atoms with E-state index in [0.717, 1.165) is 27.7 Å². The second kappa shape index (κ2) is 5.40. The van der Waals surface area contributed by atoms with Crippen LogP contribution in [0.2, 0.25) is 0 Å². The summed E-state index contributed by atoms with van der Waals surface area (Å²) < 4.78 is 13.1. The fraction of sp³-hybridized carbons (Fsp3) is 0.118. The zero-order chi connectivity index (χ0) is 14.8. The van der Waals surface area contributed by atoms with Crippen LogP contribution in [-0.2, 0) is 11.2 Å². The minimum Gasteiger partial charge on any atom is -0.550 e. The van der Waals surface area contributed by atoms with E-state index < -0.39 is 5.97 Å². The Hall–Kier alpha value is -2.62. The van der Waals surface area contributed by atoms with Gasteiger partial charge in [-0.2, -0.15) is 0 Å². The van der Waals surface area contributed by atoms with Gasteiger partial charge in [-0.05, 0) is 54.3 Å². The van der Waals surface area contributed by atoms with Gasteiger partial charge in [0.05, 0.1) is 0 Å². The van der Waals surface area contributed by atoms with Crippen molar-refractivity contribution in [3.8, 4) is 11.3 Å². The molecule has 0 atom stereocenters. The van der Waals surface area contributed by atoms with Crippen LogP contribution in [-0.4, -0.2) is 11.0 Å². The SMILES string of the molecule is O=C([O-])CCc1c(-c2ccc(F)cc2)[nH]c2ccccc12. The van der Waals surface area contributed by atoms with Crippen molar-refractivity contribution in [3.63, 3.8) is 0 Å². The Bertz CT molecular complexity index is 790. The van der Waals surface area contributed by atoms with Crippen LogP contribution < -0.4 is 5.11 Å². The molecule has 3 aromatic rings. The molecule has 0 spiro atoms. The Balaban J connectivity index is 2.13. The van der Waals surface area contributed by atoms with E-state index in [1.54, 1.807) is 12.1 Å². The summed E-state index contributed by atoms with van der Waals surface area (Å²) in [6.07, 6.45) is 0.328. The second-order valence-corrected chi connectivity index (χ2v) is 4.90. The first-order valence-corrected chi connectivity index (χ1v) is 6.70. The topological polar surface area (TPSA) is 55.9 Å². The van der Waals surface area contributed by atoms with Crippen molar-refractivity contribution < 1.29 is 14.3 Å². The van der Waals surface area contributed by atoms with Gasteiger partial charge in [-0.25, -0.2) is 4.39 Å². The van der Waals surface area contributed by atoms with Crippen LogP contribution in [0.4, 0.5) is 4.39 Å². The van der Waals surface area contributed by atoms with Gasteiger partial charge in [-0.3, -0.25) is 0 Å². The third-order valence-electron chi connectivity index (χ3n) is 3.53. The molecular formula is C17H13FNO2-. The number of aryl methyl sites for hydroxylation is 1. The van der Waals surface area contributed by atoms with Gasteiger partial charge in [0, 0.05) is 22.6 Å². The Morgan fingerprint density at radius 3 is 2.52 bits per heavy atom. The highest BCUT2D eigenvalue weighted by atomic mass is 19.1. The van der Waals surface area contributed by atoms with E-state index >= 15 is 0 Å². The minimum absolute atomic E-state index is 0.0456. The van der Waals surface area contributed by atoms with Crippen LogP contribution in [0, 0.1) is 5.82 Å². The van der Waals surface area contributed by atoms with Crippen LogP contribution in [0.15, 0.2) is 48.5 Å². The highest BCUT2D eigenvalue weighted by molar-refractivity contribution is 5.91. The molecule has 0 radical (unpaired) electrons. The van der Waals surface area contributed by atoms with Crippen molar-refractivity contribution in [1.82, 2.24) is 4.98 Å². The number of aliphatic carboxylic acids is 1. The zero-order valence-electron chi connectivity index (χ0n) is 11.2. The molecule has 0 aliphatic rings. The maximum Gasteiger partial charge on any atom is 0.123 e. The third kappa shape index (κ3) is 2.65. The summed E-state index contributed by atoms with van der Waals surface area (Å²) in [5.41, 5.74) is 3.52. The molecule has 0 bridgehead atoms. The predicted molar refractivity (Wildman–Crippen MR) is 77.0 cm³/mol. The molecule has 106 valence electrons. The molecule has 1 aromatic heterocycles. The van der Waals surface area contributed by atoms with Gasteiger partial charge in [-0.1, -0.05) is 18.2 Å². The standard InChI is InChI=1S/C17H14FNO2/c18-12-7-5-11(6-8-12)17-14(9-10-16(20)21)13-3-1-2-4-15(13)19-17/h1-8,19H,9-10H2,(H,20,21)/p-1. The smallest absolute Gasteiger partial charge is 0.123 e. The number of benzene rings is 2. The fourth-order valence-electron chi connectivity index (χ4n) is 2.55. The summed E-state index contributed by atoms with van der Waals surface area (Å²) in [6.45, 7) is 0. The van der Waals surface area contributed by atoms with Crippen molar-refractivity contribution in [3.05, 3.63) is 59.9 Å². The first-order valence-electron chi connectivity index (χ1n) is 6.70. The third-order valence-corrected chi connectivity index (χ3v) is 3.53. The molecule has 3 nitrogen and oxygen atoms in total. The molecule has 0 saturated carbocycles. The molecule has 0 aliphatic heterocycles. The van der Waals surface area contributed by atoms with Crippen molar-refractivity contribution in [2.45, 2.75) is 12.8 Å². The van der Waals surface area contributed by atoms with Crippen LogP contribution in [0.3, 0.4) is 0 Å². The number of H-pyrrole nitrogens is 1. The number of hydrogen-bond donors (Lipinski definition) is 1. The van der Waals surface area contributed by atoms with Crippen LogP contribution in [0.5, 0.6) is 0 Å². The maximum absolute atomic E-state index is 13.1. The molecule has 1 heterocycles. The lowest BCUT2D eigenvalue weighted by Crippen LogP contribution is -2.22. The number of hydrogen-bond acceptors (Lipinski definition) is 2. The summed E-state index contributed by atoms with van der Waals surface area (Å²) in [5, 5.41) is 11.7. The molecule has 3 rings (SSSR count). The summed E-state index contributed by atoms with van der Waals surface area (Å²) in [4.78, 5) is 14.0.